The number of hydrogen-bond donors (Lipinski definition) is 2. The number of carbonyl (C=O) groups excluding carboxylic acids is 1. The van der Waals surface area contributed by atoms with E-state index in [4.69, 9.17) is 9.98 Å². The van der Waals surface area contributed by atoms with Gasteiger partial charge in [0.05, 0.1) is 17.2 Å². The zero-order valence-corrected chi connectivity index (χ0v) is 21.9. The van der Waals surface area contributed by atoms with Crippen molar-refractivity contribution in [2.45, 2.75) is 58.4 Å². The monoisotopic (exact) mass is 548 g/mol. The summed E-state index contributed by atoms with van der Waals surface area (Å²) in [6, 6.07) is 0.439. The van der Waals surface area contributed by atoms with Gasteiger partial charge in [-0.1, -0.05) is 20.8 Å². The summed E-state index contributed by atoms with van der Waals surface area (Å²) in [5, 5.41) is 9.82. The molecule has 0 bridgehead atoms. The fraction of sp³-hybridized carbons (Fsp3) is 0.762. The Hall–Kier alpha value is -0.940. The lowest BCUT2D eigenvalue weighted by atomic mass is 9.93. The number of thiazole rings is 1. The van der Waals surface area contributed by atoms with Crippen LogP contribution in [0.15, 0.2) is 10.4 Å². The highest BCUT2D eigenvalue weighted by molar-refractivity contribution is 14.0. The molecule has 3 rings (SSSR count). The Bertz CT molecular complexity index is 705. The number of aliphatic imine (C=N–C) groups is 1. The lowest BCUT2D eigenvalue weighted by Gasteiger charge is -2.36. The van der Waals surface area contributed by atoms with E-state index in [0.29, 0.717) is 12.6 Å². The van der Waals surface area contributed by atoms with Gasteiger partial charge < -0.3 is 15.5 Å². The molecule has 30 heavy (non-hydrogen) atoms. The molecule has 0 radical (unpaired) electrons. The minimum Gasteiger partial charge on any atom is -0.357 e. The summed E-state index contributed by atoms with van der Waals surface area (Å²) in [6.45, 7) is 14.4. The number of aromatic nitrogens is 1. The van der Waals surface area contributed by atoms with Gasteiger partial charge in [-0.2, -0.15) is 0 Å². The first-order valence-corrected chi connectivity index (χ1v) is 11.7. The molecule has 1 aliphatic heterocycles. The summed E-state index contributed by atoms with van der Waals surface area (Å²) >= 11 is 1.73. The van der Waals surface area contributed by atoms with E-state index in [1.807, 2.05) is 0 Å². The van der Waals surface area contributed by atoms with E-state index in [2.05, 4.69) is 53.5 Å². The molecule has 1 aromatic rings. The van der Waals surface area contributed by atoms with E-state index in [0.717, 1.165) is 75.2 Å². The van der Waals surface area contributed by atoms with E-state index in [-0.39, 0.29) is 35.3 Å². The van der Waals surface area contributed by atoms with Crippen molar-refractivity contribution >= 4 is 47.2 Å². The summed E-state index contributed by atoms with van der Waals surface area (Å²) in [5.74, 6) is 1.14. The first-order valence-electron chi connectivity index (χ1n) is 10.8. The fourth-order valence-corrected chi connectivity index (χ4v) is 4.29. The predicted molar refractivity (Wildman–Crippen MR) is 135 cm³/mol. The molecule has 2 heterocycles. The minimum absolute atomic E-state index is 0. The Labute approximate surface area is 202 Å². The number of nitrogens with zero attached hydrogens (tertiary/aromatic N) is 4. The van der Waals surface area contributed by atoms with Crippen molar-refractivity contribution in [2.24, 2.45) is 4.99 Å². The summed E-state index contributed by atoms with van der Waals surface area (Å²) in [4.78, 5) is 26.2. The van der Waals surface area contributed by atoms with Crippen LogP contribution in [0.25, 0.3) is 0 Å². The minimum atomic E-state index is 0. The lowest BCUT2D eigenvalue weighted by Crippen LogP contribution is -2.54. The van der Waals surface area contributed by atoms with Crippen LogP contribution in [-0.2, 0) is 16.6 Å². The zero-order valence-electron chi connectivity index (χ0n) is 18.7. The second-order valence-corrected chi connectivity index (χ2v) is 9.91. The quantitative estimate of drug-likeness (QED) is 0.311. The molecule has 9 heteroatoms. The van der Waals surface area contributed by atoms with E-state index in [1.54, 1.807) is 11.3 Å². The molecule has 7 nitrogen and oxygen atoms in total. The summed E-state index contributed by atoms with van der Waals surface area (Å²) in [5.41, 5.74) is 1.26. The van der Waals surface area contributed by atoms with Gasteiger partial charge in [0.25, 0.3) is 0 Å². The largest absolute Gasteiger partial charge is 0.357 e. The van der Waals surface area contributed by atoms with E-state index in [9.17, 15) is 4.79 Å². The number of nitrogens with one attached hydrogen (secondary N) is 2. The van der Waals surface area contributed by atoms with Crippen molar-refractivity contribution in [3.05, 3.63) is 16.1 Å². The van der Waals surface area contributed by atoms with Crippen molar-refractivity contribution in [3.63, 3.8) is 0 Å². The zero-order chi connectivity index (χ0) is 20.9. The normalized spacial score (nSPS) is 18.1. The number of amides is 1. The van der Waals surface area contributed by atoms with Gasteiger partial charge in [-0.05, 0) is 19.8 Å². The maximum Gasteiger partial charge on any atom is 0.234 e. The van der Waals surface area contributed by atoms with Crippen LogP contribution >= 0.6 is 35.3 Å². The van der Waals surface area contributed by atoms with Crippen LogP contribution in [-0.4, -0.2) is 78.5 Å². The third-order valence-corrected chi connectivity index (χ3v) is 6.13. The van der Waals surface area contributed by atoms with Crippen LogP contribution < -0.4 is 10.6 Å². The molecule has 1 amide bonds. The number of piperazine rings is 1. The maximum absolute atomic E-state index is 12.0. The maximum atomic E-state index is 12.0. The van der Waals surface area contributed by atoms with Crippen molar-refractivity contribution < 1.29 is 4.79 Å². The topological polar surface area (TPSA) is 72.9 Å². The highest BCUT2D eigenvalue weighted by Gasteiger charge is 2.26. The molecule has 0 spiro atoms. The Balaban J connectivity index is 0.00000320. The molecular formula is C21H37IN6OS. The standard InChI is InChI=1S/C21H36N6OS.HI/c1-5-22-20(23-9-8-19-25-17(15-29-19)21(2,3)4)27-12-10-26(11-13-27)14-18(28)24-16-6-7-16;/h15-16H,5-14H2,1-4H3,(H,22,23)(H,24,28);1H. The lowest BCUT2D eigenvalue weighted by molar-refractivity contribution is -0.122. The Kier molecular flexibility index (Phi) is 9.80. The van der Waals surface area contributed by atoms with Crippen molar-refractivity contribution in [2.75, 3.05) is 45.8 Å². The van der Waals surface area contributed by atoms with Gasteiger partial charge in [-0.3, -0.25) is 14.7 Å². The Morgan fingerprint density at radius 3 is 2.53 bits per heavy atom. The molecule has 0 unspecified atom stereocenters. The van der Waals surface area contributed by atoms with Crippen LogP contribution in [0.1, 0.15) is 51.2 Å². The van der Waals surface area contributed by atoms with Crippen LogP contribution in [0.2, 0.25) is 0 Å². The second-order valence-electron chi connectivity index (χ2n) is 8.97. The first kappa shape index (κ1) is 25.3. The van der Waals surface area contributed by atoms with E-state index < -0.39 is 0 Å². The fourth-order valence-electron chi connectivity index (χ4n) is 3.28. The number of hydrogen-bond acceptors (Lipinski definition) is 5. The highest BCUT2D eigenvalue weighted by atomic mass is 127. The van der Waals surface area contributed by atoms with Crippen LogP contribution in [0.3, 0.4) is 0 Å². The van der Waals surface area contributed by atoms with Gasteiger partial charge in [-0.25, -0.2) is 4.98 Å². The predicted octanol–water partition coefficient (Wildman–Crippen LogP) is 2.46. The number of halogens is 1. The molecule has 1 aromatic heterocycles. The Morgan fingerprint density at radius 2 is 1.97 bits per heavy atom. The SMILES string of the molecule is CCNC(=NCCc1nc(C(C)(C)C)cs1)N1CCN(CC(=O)NC2CC2)CC1.I. The average molecular weight is 549 g/mol. The molecular weight excluding hydrogens is 511 g/mol. The molecule has 0 aromatic carbocycles. The van der Waals surface area contributed by atoms with Gasteiger partial charge in [-0.15, -0.1) is 35.3 Å². The third-order valence-electron chi connectivity index (χ3n) is 5.22. The first-order chi connectivity index (χ1) is 13.8. The van der Waals surface area contributed by atoms with Crippen LogP contribution in [0.5, 0.6) is 0 Å². The molecule has 1 saturated carbocycles. The number of rotatable bonds is 7. The van der Waals surface area contributed by atoms with Gasteiger partial charge in [0.1, 0.15) is 0 Å². The number of guanidine groups is 1. The molecule has 1 saturated heterocycles. The summed E-state index contributed by atoms with van der Waals surface area (Å²) < 4.78 is 0. The van der Waals surface area contributed by atoms with Crippen molar-refractivity contribution in [1.82, 2.24) is 25.4 Å². The third kappa shape index (κ3) is 7.96. The van der Waals surface area contributed by atoms with Gasteiger partial charge in [0.2, 0.25) is 5.91 Å². The molecule has 2 N–H and O–H groups in total. The van der Waals surface area contributed by atoms with Crippen molar-refractivity contribution in [1.29, 1.82) is 0 Å². The van der Waals surface area contributed by atoms with Gasteiger partial charge in [0.15, 0.2) is 5.96 Å². The van der Waals surface area contributed by atoms with Crippen LogP contribution in [0.4, 0.5) is 0 Å². The number of carbonyl (C=O) groups is 1. The van der Waals surface area contributed by atoms with Crippen LogP contribution in [0, 0.1) is 0 Å². The average Bonchev–Trinajstić information content (AvgIpc) is 3.33. The van der Waals surface area contributed by atoms with Gasteiger partial charge in [0, 0.05) is 62.5 Å². The van der Waals surface area contributed by atoms with Crippen molar-refractivity contribution in [3.8, 4) is 0 Å². The summed E-state index contributed by atoms with van der Waals surface area (Å²) in [7, 11) is 0. The Morgan fingerprint density at radius 1 is 1.27 bits per heavy atom. The molecule has 170 valence electrons. The smallest absolute Gasteiger partial charge is 0.234 e. The molecule has 0 atom stereocenters. The molecule has 1 aliphatic carbocycles. The van der Waals surface area contributed by atoms with Gasteiger partial charge >= 0.3 is 0 Å². The molecule has 2 fully saturated rings. The summed E-state index contributed by atoms with van der Waals surface area (Å²) in [6.07, 6.45) is 3.15. The molecule has 2 aliphatic rings. The second kappa shape index (κ2) is 11.6. The van der Waals surface area contributed by atoms with E-state index >= 15 is 0 Å². The highest BCUT2D eigenvalue weighted by Crippen LogP contribution is 2.24. The van der Waals surface area contributed by atoms with E-state index in [1.165, 1.54) is 0 Å².